The number of hydrogen-bond donors (Lipinski definition) is 1. The molecule has 0 unspecified atom stereocenters. The molecule has 82 valence electrons. The molecular weight excluding hydrogens is 172 g/mol. The van der Waals surface area contributed by atoms with Gasteiger partial charge in [0.2, 0.25) is 0 Å². The van der Waals surface area contributed by atoms with Crippen LogP contribution in [0.3, 0.4) is 0 Å². The fraction of sp³-hybridized carbons (Fsp3) is 0.538. The Kier molecular flexibility index (Phi) is 11.2. The topological polar surface area (TPSA) is 20.2 Å². The van der Waals surface area contributed by atoms with E-state index in [1.54, 1.807) is 0 Å². The molecule has 0 saturated carbocycles. The Morgan fingerprint density at radius 2 is 1.57 bits per heavy atom. The molecule has 0 amide bonds. The molecule has 1 rings (SSSR count). The highest BCUT2D eigenvalue weighted by molar-refractivity contribution is 5.39. The first-order chi connectivity index (χ1) is 6.75. The van der Waals surface area contributed by atoms with E-state index in [-0.39, 0.29) is 0 Å². The van der Waals surface area contributed by atoms with E-state index < -0.39 is 0 Å². The minimum atomic E-state index is 0.449. The predicted octanol–water partition coefficient (Wildman–Crippen LogP) is 4.32. The van der Waals surface area contributed by atoms with Crippen LogP contribution >= 0.6 is 0 Å². The van der Waals surface area contributed by atoms with Crippen molar-refractivity contribution >= 4 is 0 Å². The van der Waals surface area contributed by atoms with E-state index >= 15 is 0 Å². The van der Waals surface area contributed by atoms with Crippen molar-refractivity contribution in [2.75, 3.05) is 0 Å². The number of hydrogen-bond acceptors (Lipinski definition) is 1. The van der Waals surface area contributed by atoms with E-state index in [4.69, 9.17) is 0 Å². The molecular formula is C13H24O. The van der Waals surface area contributed by atoms with Gasteiger partial charge in [-0.1, -0.05) is 52.8 Å². The minimum absolute atomic E-state index is 0.449. The Morgan fingerprint density at radius 3 is 1.93 bits per heavy atom. The average Bonchev–Trinajstić information content (AvgIpc) is 2.28. The summed E-state index contributed by atoms with van der Waals surface area (Å²) in [7, 11) is 0. The summed E-state index contributed by atoms with van der Waals surface area (Å²) < 4.78 is 0. The molecule has 0 aliphatic rings. The fourth-order valence-electron chi connectivity index (χ4n) is 1.01. The van der Waals surface area contributed by atoms with Crippen molar-refractivity contribution in [3.63, 3.8) is 0 Å². The molecule has 0 radical (unpaired) electrons. The maximum atomic E-state index is 9.40. The van der Waals surface area contributed by atoms with Crippen LogP contribution in [-0.4, -0.2) is 5.11 Å². The zero-order valence-corrected chi connectivity index (χ0v) is 10.4. The first kappa shape index (κ1) is 15.5. The quantitative estimate of drug-likeness (QED) is 0.709. The summed E-state index contributed by atoms with van der Waals surface area (Å²) in [5.41, 5.74) is 1.99. The van der Waals surface area contributed by atoms with Gasteiger partial charge in [-0.2, -0.15) is 0 Å². The molecule has 0 saturated heterocycles. The van der Waals surface area contributed by atoms with Crippen molar-refractivity contribution in [1.82, 2.24) is 0 Å². The van der Waals surface area contributed by atoms with Crippen LogP contribution in [-0.2, 0) is 6.42 Å². The Bertz CT molecular complexity index is 229. The highest BCUT2D eigenvalue weighted by Gasteiger charge is 1.98. The molecule has 1 aromatic rings. The van der Waals surface area contributed by atoms with Crippen LogP contribution in [0.5, 0.6) is 5.75 Å². The summed E-state index contributed by atoms with van der Waals surface area (Å²) in [5.74, 6) is 0.449. The fourth-order valence-corrected chi connectivity index (χ4v) is 1.01. The smallest absolute Gasteiger partial charge is 0.121 e. The first-order valence-electron chi connectivity index (χ1n) is 5.53. The number of phenols is 1. The molecule has 0 aliphatic carbocycles. The van der Waals surface area contributed by atoms with E-state index in [1.807, 2.05) is 59.7 Å². The molecule has 0 spiro atoms. The van der Waals surface area contributed by atoms with Gasteiger partial charge < -0.3 is 5.11 Å². The standard InChI is InChI=1S/C9H12O.2C2H6/c1-3-8-6-4-5-7(2)9(8)10;2*1-2/h4-6,10H,3H2,1-2H3;2*1-2H3. The highest BCUT2D eigenvalue weighted by Crippen LogP contribution is 2.21. The summed E-state index contributed by atoms with van der Waals surface area (Å²) >= 11 is 0. The molecule has 0 fully saturated rings. The van der Waals surface area contributed by atoms with Gasteiger partial charge in [0.25, 0.3) is 0 Å². The number of rotatable bonds is 1. The van der Waals surface area contributed by atoms with Crippen molar-refractivity contribution in [1.29, 1.82) is 0 Å². The van der Waals surface area contributed by atoms with Crippen LogP contribution in [0.2, 0.25) is 0 Å². The third kappa shape index (κ3) is 4.90. The molecule has 1 N–H and O–H groups in total. The Morgan fingerprint density at radius 1 is 1.07 bits per heavy atom. The second-order valence-corrected chi connectivity index (χ2v) is 2.44. The largest absolute Gasteiger partial charge is 0.507 e. The summed E-state index contributed by atoms with van der Waals surface area (Å²) in [6.07, 6.45) is 0.896. The second kappa shape index (κ2) is 10.1. The minimum Gasteiger partial charge on any atom is -0.507 e. The van der Waals surface area contributed by atoms with Gasteiger partial charge in [-0.15, -0.1) is 0 Å². The predicted molar refractivity (Wildman–Crippen MR) is 64.9 cm³/mol. The van der Waals surface area contributed by atoms with Crippen molar-refractivity contribution in [3.05, 3.63) is 29.3 Å². The van der Waals surface area contributed by atoms with Gasteiger partial charge >= 0.3 is 0 Å². The molecule has 0 atom stereocenters. The lowest BCUT2D eigenvalue weighted by atomic mass is 10.1. The number of para-hydroxylation sites is 1. The number of benzene rings is 1. The SMILES string of the molecule is CC.CC.CCc1cccc(C)c1O. The van der Waals surface area contributed by atoms with Gasteiger partial charge in [0.1, 0.15) is 5.75 Å². The van der Waals surface area contributed by atoms with Gasteiger partial charge in [-0.25, -0.2) is 0 Å². The lowest BCUT2D eigenvalue weighted by Gasteiger charge is -2.02. The zero-order valence-electron chi connectivity index (χ0n) is 10.4. The van der Waals surface area contributed by atoms with E-state index in [2.05, 4.69) is 0 Å². The van der Waals surface area contributed by atoms with E-state index in [0.717, 1.165) is 17.5 Å². The Hall–Kier alpha value is -0.980. The second-order valence-electron chi connectivity index (χ2n) is 2.44. The highest BCUT2D eigenvalue weighted by atomic mass is 16.3. The van der Waals surface area contributed by atoms with Crippen LogP contribution in [0, 0.1) is 6.92 Å². The maximum absolute atomic E-state index is 9.40. The van der Waals surface area contributed by atoms with Gasteiger partial charge in [-0.05, 0) is 24.5 Å². The molecule has 1 aromatic carbocycles. The number of aromatic hydroxyl groups is 1. The monoisotopic (exact) mass is 196 g/mol. The zero-order chi connectivity index (χ0) is 11.6. The third-order valence-electron chi connectivity index (χ3n) is 1.70. The van der Waals surface area contributed by atoms with Crippen molar-refractivity contribution < 1.29 is 5.11 Å². The normalized spacial score (nSPS) is 7.86. The van der Waals surface area contributed by atoms with Crippen LogP contribution in [0.25, 0.3) is 0 Å². The lowest BCUT2D eigenvalue weighted by molar-refractivity contribution is 0.464. The van der Waals surface area contributed by atoms with Crippen LogP contribution < -0.4 is 0 Å². The molecule has 14 heavy (non-hydrogen) atoms. The molecule has 1 nitrogen and oxygen atoms in total. The summed E-state index contributed by atoms with van der Waals surface area (Å²) in [5, 5.41) is 9.40. The molecule has 0 aliphatic heterocycles. The van der Waals surface area contributed by atoms with Gasteiger partial charge in [0, 0.05) is 0 Å². The van der Waals surface area contributed by atoms with Crippen molar-refractivity contribution in [2.45, 2.75) is 48.0 Å². The Labute approximate surface area is 88.8 Å². The van der Waals surface area contributed by atoms with Crippen molar-refractivity contribution in [2.24, 2.45) is 0 Å². The van der Waals surface area contributed by atoms with Gasteiger partial charge in [0.05, 0.1) is 0 Å². The third-order valence-corrected chi connectivity index (χ3v) is 1.70. The lowest BCUT2D eigenvalue weighted by Crippen LogP contribution is -1.82. The molecule has 1 heteroatoms. The summed E-state index contributed by atoms with van der Waals surface area (Å²) in [6.45, 7) is 11.9. The maximum Gasteiger partial charge on any atom is 0.121 e. The number of aryl methyl sites for hydroxylation is 2. The first-order valence-corrected chi connectivity index (χ1v) is 5.53. The van der Waals surface area contributed by atoms with Crippen LogP contribution in [0.15, 0.2) is 18.2 Å². The molecule has 0 aromatic heterocycles. The van der Waals surface area contributed by atoms with E-state index in [1.165, 1.54) is 0 Å². The molecule has 0 bridgehead atoms. The average molecular weight is 196 g/mol. The number of phenolic OH excluding ortho intramolecular Hbond substituents is 1. The van der Waals surface area contributed by atoms with Gasteiger partial charge in [-0.3, -0.25) is 0 Å². The van der Waals surface area contributed by atoms with Gasteiger partial charge in [0.15, 0.2) is 0 Å². The summed E-state index contributed by atoms with van der Waals surface area (Å²) in [4.78, 5) is 0. The van der Waals surface area contributed by atoms with Crippen molar-refractivity contribution in [3.8, 4) is 5.75 Å². The van der Waals surface area contributed by atoms with Crippen LogP contribution in [0.1, 0.15) is 45.7 Å². The Balaban J connectivity index is 0. The van der Waals surface area contributed by atoms with E-state index in [9.17, 15) is 5.11 Å². The van der Waals surface area contributed by atoms with E-state index in [0.29, 0.717) is 5.75 Å². The molecule has 0 heterocycles. The summed E-state index contributed by atoms with van der Waals surface area (Å²) in [6, 6.07) is 5.82. The van der Waals surface area contributed by atoms with Crippen LogP contribution in [0.4, 0.5) is 0 Å².